The zero-order valence-corrected chi connectivity index (χ0v) is 14.6. The molecule has 0 saturated carbocycles. The molecule has 0 saturated heterocycles. The standard InChI is InChI=1S/C17H19ClN2O3S/c18-15-10-4-5-11-16(15)20-17(21)13-19-24(22,23)12-6-9-14-7-2-1-3-8-14/h1-5,7-8,10-11,19H,6,9,12-13H2,(H,20,21). The van der Waals surface area contributed by atoms with Gasteiger partial charge in [-0.05, 0) is 30.5 Å². The molecule has 2 rings (SSSR count). The fourth-order valence-electron chi connectivity index (χ4n) is 2.12. The zero-order chi connectivity index (χ0) is 17.4. The number of aryl methyl sites for hydroxylation is 1. The summed E-state index contributed by atoms with van der Waals surface area (Å²) in [5.74, 6) is -0.490. The minimum Gasteiger partial charge on any atom is -0.324 e. The summed E-state index contributed by atoms with van der Waals surface area (Å²) >= 11 is 5.93. The second-order valence-electron chi connectivity index (χ2n) is 5.26. The summed E-state index contributed by atoms with van der Waals surface area (Å²) in [5, 5.41) is 2.97. The lowest BCUT2D eigenvalue weighted by molar-refractivity contribution is -0.115. The van der Waals surface area contributed by atoms with E-state index < -0.39 is 15.9 Å². The predicted molar refractivity (Wildman–Crippen MR) is 96.6 cm³/mol. The number of anilines is 1. The van der Waals surface area contributed by atoms with Gasteiger partial charge in [0.1, 0.15) is 0 Å². The Balaban J connectivity index is 1.75. The Morgan fingerprint density at radius 3 is 2.38 bits per heavy atom. The number of nitrogens with one attached hydrogen (secondary N) is 2. The first-order valence-electron chi connectivity index (χ1n) is 7.52. The van der Waals surface area contributed by atoms with E-state index in [1.165, 1.54) is 0 Å². The summed E-state index contributed by atoms with van der Waals surface area (Å²) in [6.07, 6.45) is 1.17. The number of amides is 1. The van der Waals surface area contributed by atoms with Gasteiger partial charge in [-0.2, -0.15) is 0 Å². The van der Waals surface area contributed by atoms with E-state index in [1.807, 2.05) is 30.3 Å². The molecule has 5 nitrogen and oxygen atoms in total. The molecule has 0 radical (unpaired) electrons. The molecule has 2 N–H and O–H groups in total. The van der Waals surface area contributed by atoms with Gasteiger partial charge >= 0.3 is 0 Å². The smallest absolute Gasteiger partial charge is 0.239 e. The Hall–Kier alpha value is -1.89. The lowest BCUT2D eigenvalue weighted by atomic mass is 10.1. The first-order chi connectivity index (χ1) is 11.5. The number of carbonyl (C=O) groups excluding carboxylic acids is 1. The van der Waals surface area contributed by atoms with Crippen LogP contribution in [0.25, 0.3) is 0 Å². The predicted octanol–water partition coefficient (Wildman–Crippen LogP) is 2.83. The fraction of sp³-hybridized carbons (Fsp3) is 0.235. The number of halogens is 1. The monoisotopic (exact) mass is 366 g/mol. The van der Waals surface area contributed by atoms with E-state index in [9.17, 15) is 13.2 Å². The van der Waals surface area contributed by atoms with Crippen LogP contribution in [0, 0.1) is 0 Å². The fourth-order valence-corrected chi connectivity index (χ4v) is 3.32. The van der Waals surface area contributed by atoms with Crippen molar-refractivity contribution < 1.29 is 13.2 Å². The Bertz CT molecular complexity index is 779. The van der Waals surface area contributed by atoms with Crippen LogP contribution < -0.4 is 10.0 Å². The Labute approximate surface area is 147 Å². The van der Waals surface area contributed by atoms with Gasteiger partial charge < -0.3 is 5.32 Å². The van der Waals surface area contributed by atoms with E-state index >= 15 is 0 Å². The van der Waals surface area contributed by atoms with Crippen molar-refractivity contribution in [2.75, 3.05) is 17.6 Å². The van der Waals surface area contributed by atoms with Gasteiger partial charge in [0, 0.05) is 0 Å². The van der Waals surface area contributed by atoms with E-state index in [2.05, 4.69) is 10.0 Å². The maximum Gasteiger partial charge on any atom is 0.239 e. The Morgan fingerprint density at radius 2 is 1.67 bits per heavy atom. The SMILES string of the molecule is O=C(CNS(=O)(=O)CCCc1ccccc1)Nc1ccccc1Cl. The van der Waals surface area contributed by atoms with E-state index in [-0.39, 0.29) is 12.3 Å². The molecule has 24 heavy (non-hydrogen) atoms. The maximum atomic E-state index is 11.9. The van der Waals surface area contributed by atoms with Crippen LogP contribution in [0.4, 0.5) is 5.69 Å². The molecule has 0 fully saturated rings. The molecular weight excluding hydrogens is 348 g/mol. The van der Waals surface area contributed by atoms with Crippen molar-refractivity contribution >= 4 is 33.2 Å². The third-order valence-electron chi connectivity index (χ3n) is 3.32. The van der Waals surface area contributed by atoms with Crippen molar-refractivity contribution in [1.29, 1.82) is 0 Å². The molecule has 0 aliphatic heterocycles. The Kier molecular flexibility index (Phi) is 6.78. The lowest BCUT2D eigenvalue weighted by Gasteiger charge is -2.09. The number of rotatable bonds is 8. The van der Waals surface area contributed by atoms with Crippen LogP contribution >= 0.6 is 11.6 Å². The van der Waals surface area contributed by atoms with Gasteiger partial charge in [0.25, 0.3) is 0 Å². The normalized spacial score (nSPS) is 11.2. The van der Waals surface area contributed by atoms with E-state index in [1.54, 1.807) is 24.3 Å². The number of sulfonamides is 1. The number of benzene rings is 2. The van der Waals surface area contributed by atoms with Gasteiger partial charge in [0.2, 0.25) is 15.9 Å². The third-order valence-corrected chi connectivity index (χ3v) is 5.06. The molecule has 2 aromatic rings. The van der Waals surface area contributed by atoms with Gasteiger partial charge in [-0.3, -0.25) is 4.79 Å². The van der Waals surface area contributed by atoms with Crippen LogP contribution in [0.1, 0.15) is 12.0 Å². The van der Waals surface area contributed by atoms with Crippen molar-refractivity contribution in [3.05, 3.63) is 65.2 Å². The van der Waals surface area contributed by atoms with Crippen LogP contribution in [-0.4, -0.2) is 26.6 Å². The van der Waals surface area contributed by atoms with Crippen molar-refractivity contribution in [3.63, 3.8) is 0 Å². The summed E-state index contributed by atoms with van der Waals surface area (Å²) in [4.78, 5) is 11.8. The molecule has 0 spiro atoms. The molecule has 0 aromatic heterocycles. The molecule has 0 heterocycles. The van der Waals surface area contributed by atoms with Gasteiger partial charge in [0.05, 0.1) is 23.0 Å². The number of para-hydroxylation sites is 1. The van der Waals surface area contributed by atoms with Gasteiger partial charge in [0.15, 0.2) is 0 Å². The topological polar surface area (TPSA) is 75.3 Å². The summed E-state index contributed by atoms with van der Waals surface area (Å²) in [6.45, 7) is -0.321. The molecular formula is C17H19ClN2O3S. The van der Waals surface area contributed by atoms with Crippen LogP contribution in [0.3, 0.4) is 0 Å². The van der Waals surface area contributed by atoms with E-state index in [4.69, 9.17) is 11.6 Å². The average molecular weight is 367 g/mol. The van der Waals surface area contributed by atoms with E-state index in [0.29, 0.717) is 23.6 Å². The summed E-state index contributed by atoms with van der Waals surface area (Å²) in [6, 6.07) is 16.4. The largest absolute Gasteiger partial charge is 0.324 e. The minimum absolute atomic E-state index is 0.0265. The van der Waals surface area contributed by atoms with Crippen molar-refractivity contribution in [1.82, 2.24) is 4.72 Å². The quantitative estimate of drug-likeness (QED) is 0.754. The molecule has 0 aliphatic rings. The Morgan fingerprint density at radius 1 is 1.00 bits per heavy atom. The van der Waals surface area contributed by atoms with Crippen LogP contribution in [0.15, 0.2) is 54.6 Å². The van der Waals surface area contributed by atoms with Crippen LogP contribution in [0.5, 0.6) is 0 Å². The molecule has 0 atom stereocenters. The summed E-state index contributed by atoms with van der Waals surface area (Å²) in [5.41, 5.74) is 1.54. The molecule has 0 bridgehead atoms. The molecule has 7 heteroatoms. The number of carbonyl (C=O) groups is 1. The minimum atomic E-state index is -3.49. The van der Waals surface area contributed by atoms with Gasteiger partial charge in [-0.15, -0.1) is 0 Å². The maximum absolute atomic E-state index is 11.9. The molecule has 2 aromatic carbocycles. The second-order valence-corrected chi connectivity index (χ2v) is 7.59. The highest BCUT2D eigenvalue weighted by Crippen LogP contribution is 2.20. The zero-order valence-electron chi connectivity index (χ0n) is 13.0. The van der Waals surface area contributed by atoms with E-state index in [0.717, 1.165) is 5.56 Å². The number of hydrogen-bond acceptors (Lipinski definition) is 3. The lowest BCUT2D eigenvalue weighted by Crippen LogP contribution is -2.34. The molecule has 0 aliphatic carbocycles. The van der Waals surface area contributed by atoms with Crippen LogP contribution in [-0.2, 0) is 21.2 Å². The highest BCUT2D eigenvalue weighted by molar-refractivity contribution is 7.89. The first kappa shape index (κ1) is 18.4. The number of hydrogen-bond donors (Lipinski definition) is 2. The summed E-state index contributed by atoms with van der Waals surface area (Å²) in [7, 11) is -3.49. The average Bonchev–Trinajstić information content (AvgIpc) is 2.56. The van der Waals surface area contributed by atoms with Crippen molar-refractivity contribution in [3.8, 4) is 0 Å². The van der Waals surface area contributed by atoms with Gasteiger partial charge in [-0.1, -0.05) is 54.1 Å². The second kappa shape index (κ2) is 8.82. The molecule has 128 valence electrons. The van der Waals surface area contributed by atoms with Gasteiger partial charge in [-0.25, -0.2) is 13.1 Å². The third kappa shape index (κ3) is 6.31. The molecule has 0 unspecified atom stereocenters. The first-order valence-corrected chi connectivity index (χ1v) is 9.55. The molecule has 1 amide bonds. The van der Waals surface area contributed by atoms with Crippen molar-refractivity contribution in [2.24, 2.45) is 0 Å². The summed E-state index contributed by atoms with van der Waals surface area (Å²) < 4.78 is 26.2. The highest BCUT2D eigenvalue weighted by atomic mass is 35.5. The van der Waals surface area contributed by atoms with Crippen molar-refractivity contribution in [2.45, 2.75) is 12.8 Å². The highest BCUT2D eigenvalue weighted by Gasteiger charge is 2.13. The van der Waals surface area contributed by atoms with Crippen LogP contribution in [0.2, 0.25) is 5.02 Å².